The van der Waals surface area contributed by atoms with E-state index in [2.05, 4.69) is 23.5 Å². The van der Waals surface area contributed by atoms with Crippen molar-refractivity contribution in [2.75, 3.05) is 20.1 Å². The van der Waals surface area contributed by atoms with Gasteiger partial charge in [-0.25, -0.2) is 13.1 Å². The van der Waals surface area contributed by atoms with Gasteiger partial charge in [-0.1, -0.05) is 12.1 Å². The normalized spacial score (nSPS) is 12.1. The van der Waals surface area contributed by atoms with Crippen LogP contribution in [0.3, 0.4) is 0 Å². The first-order valence-corrected chi connectivity index (χ1v) is 8.03. The van der Waals surface area contributed by atoms with E-state index in [-0.39, 0.29) is 10.7 Å². The van der Waals surface area contributed by atoms with Crippen molar-refractivity contribution >= 4 is 15.8 Å². The molecule has 5 nitrogen and oxygen atoms in total. The molecule has 0 heterocycles. The number of hydrogen-bond donors (Lipinski definition) is 1. The molecule has 0 atom stereocenters. The molecule has 0 spiro atoms. The number of carbonyl (C=O) groups is 1. The van der Waals surface area contributed by atoms with Crippen molar-refractivity contribution < 1.29 is 13.2 Å². The van der Waals surface area contributed by atoms with E-state index in [9.17, 15) is 13.2 Å². The number of Topliss-reactive ketones (excluding diaryl/α,β-unsaturated/α-hetero) is 1. The summed E-state index contributed by atoms with van der Waals surface area (Å²) in [7, 11) is -1.57. The fourth-order valence-electron chi connectivity index (χ4n) is 1.57. The molecule has 1 rings (SSSR count). The number of nitrogens with zero attached hydrogens (tertiary/aromatic N) is 1. The molecule has 0 amide bonds. The Bertz CT molecular complexity index is 550. The van der Waals surface area contributed by atoms with Crippen LogP contribution in [0.2, 0.25) is 0 Å². The molecular formula is C14H22N2O3S. The molecule has 0 aromatic heterocycles. The minimum absolute atomic E-state index is 0.0829. The zero-order valence-corrected chi connectivity index (χ0v) is 13.2. The Morgan fingerprint density at radius 2 is 1.80 bits per heavy atom. The fourth-order valence-corrected chi connectivity index (χ4v) is 2.59. The second-order valence-electron chi connectivity index (χ2n) is 5.05. The summed E-state index contributed by atoms with van der Waals surface area (Å²) >= 11 is 0. The Kier molecular flexibility index (Phi) is 5.86. The summed E-state index contributed by atoms with van der Waals surface area (Å²) < 4.78 is 26.7. The van der Waals surface area contributed by atoms with Gasteiger partial charge in [0.1, 0.15) is 0 Å². The van der Waals surface area contributed by atoms with E-state index in [1.165, 1.54) is 31.2 Å². The molecule has 20 heavy (non-hydrogen) atoms. The lowest BCUT2D eigenvalue weighted by Gasteiger charge is -2.20. The lowest BCUT2D eigenvalue weighted by Crippen LogP contribution is -2.36. The molecule has 0 unspecified atom stereocenters. The van der Waals surface area contributed by atoms with Crippen LogP contribution < -0.4 is 4.72 Å². The predicted octanol–water partition coefficient (Wildman–Crippen LogP) is 1.51. The average Bonchev–Trinajstić information content (AvgIpc) is 2.38. The Balaban J connectivity index is 2.67. The Morgan fingerprint density at radius 1 is 1.25 bits per heavy atom. The van der Waals surface area contributed by atoms with Gasteiger partial charge in [-0.3, -0.25) is 4.79 Å². The van der Waals surface area contributed by atoms with Crippen LogP contribution in [0.25, 0.3) is 0 Å². The van der Waals surface area contributed by atoms with Gasteiger partial charge in [-0.2, -0.15) is 0 Å². The third-order valence-electron chi connectivity index (χ3n) is 3.21. The van der Waals surface area contributed by atoms with E-state index in [0.29, 0.717) is 24.7 Å². The van der Waals surface area contributed by atoms with Gasteiger partial charge in [0, 0.05) is 24.7 Å². The molecule has 0 saturated heterocycles. The van der Waals surface area contributed by atoms with Crippen LogP contribution in [0.4, 0.5) is 0 Å². The van der Waals surface area contributed by atoms with Crippen molar-refractivity contribution in [3.05, 3.63) is 29.8 Å². The summed E-state index contributed by atoms with van der Waals surface area (Å²) in [5.74, 6) is -0.0829. The minimum atomic E-state index is -3.51. The maximum Gasteiger partial charge on any atom is 0.240 e. The van der Waals surface area contributed by atoms with Crippen LogP contribution in [0.1, 0.15) is 31.1 Å². The average molecular weight is 298 g/mol. The maximum absolute atomic E-state index is 12.1. The van der Waals surface area contributed by atoms with Gasteiger partial charge in [0.15, 0.2) is 5.78 Å². The van der Waals surface area contributed by atoms with Crippen LogP contribution in [-0.2, 0) is 10.0 Å². The molecule has 1 N–H and O–H groups in total. The summed E-state index contributed by atoms with van der Waals surface area (Å²) in [6, 6.07) is 6.32. The van der Waals surface area contributed by atoms with Gasteiger partial charge in [-0.05, 0) is 40.0 Å². The molecule has 0 bridgehead atoms. The molecule has 0 fully saturated rings. The van der Waals surface area contributed by atoms with Crippen molar-refractivity contribution in [2.24, 2.45) is 0 Å². The van der Waals surface area contributed by atoms with E-state index >= 15 is 0 Å². The fraction of sp³-hybridized carbons (Fsp3) is 0.500. The predicted molar refractivity (Wildman–Crippen MR) is 79.4 cm³/mol. The highest BCUT2D eigenvalue weighted by molar-refractivity contribution is 7.89. The molecule has 0 aliphatic carbocycles. The van der Waals surface area contributed by atoms with Gasteiger partial charge < -0.3 is 4.90 Å². The largest absolute Gasteiger partial charge is 0.303 e. The second kappa shape index (κ2) is 6.97. The van der Waals surface area contributed by atoms with E-state index in [1.807, 2.05) is 7.05 Å². The molecule has 0 aliphatic heterocycles. The quantitative estimate of drug-likeness (QED) is 0.775. The lowest BCUT2D eigenvalue weighted by molar-refractivity contribution is 0.101. The molecule has 1 aromatic rings. The van der Waals surface area contributed by atoms with E-state index in [4.69, 9.17) is 0 Å². The Hall–Kier alpha value is -1.24. The number of rotatable bonds is 7. The Morgan fingerprint density at radius 3 is 2.25 bits per heavy atom. The van der Waals surface area contributed by atoms with Gasteiger partial charge >= 0.3 is 0 Å². The minimum Gasteiger partial charge on any atom is -0.303 e. The highest BCUT2D eigenvalue weighted by Gasteiger charge is 2.14. The van der Waals surface area contributed by atoms with Crippen LogP contribution >= 0.6 is 0 Å². The van der Waals surface area contributed by atoms with Crippen molar-refractivity contribution in [1.82, 2.24) is 9.62 Å². The van der Waals surface area contributed by atoms with E-state index < -0.39 is 10.0 Å². The molecule has 1 aromatic carbocycles. The topological polar surface area (TPSA) is 66.5 Å². The van der Waals surface area contributed by atoms with Crippen molar-refractivity contribution in [3.63, 3.8) is 0 Å². The summed E-state index contributed by atoms with van der Waals surface area (Å²) in [5, 5.41) is 0. The van der Waals surface area contributed by atoms with E-state index in [1.54, 1.807) is 0 Å². The molecule has 112 valence electrons. The maximum atomic E-state index is 12.1. The Labute approximate surface area is 121 Å². The van der Waals surface area contributed by atoms with Crippen molar-refractivity contribution in [3.8, 4) is 0 Å². The lowest BCUT2D eigenvalue weighted by atomic mass is 10.2. The van der Waals surface area contributed by atoms with Crippen LogP contribution in [0.15, 0.2) is 29.2 Å². The number of likely N-dealkylation sites (N-methyl/N-ethyl adjacent to an activating group) is 1. The monoisotopic (exact) mass is 298 g/mol. The zero-order valence-electron chi connectivity index (χ0n) is 12.4. The molecule has 6 heteroatoms. The van der Waals surface area contributed by atoms with Gasteiger partial charge in [0.25, 0.3) is 0 Å². The summed E-state index contributed by atoms with van der Waals surface area (Å²) in [6.07, 6.45) is 0. The molecule has 0 aliphatic rings. The summed E-state index contributed by atoms with van der Waals surface area (Å²) in [6.45, 7) is 6.54. The zero-order chi connectivity index (χ0) is 15.3. The van der Waals surface area contributed by atoms with Crippen molar-refractivity contribution in [1.29, 1.82) is 0 Å². The van der Waals surface area contributed by atoms with E-state index in [0.717, 1.165) is 0 Å². The first-order chi connectivity index (χ1) is 9.24. The van der Waals surface area contributed by atoms with Gasteiger partial charge in [-0.15, -0.1) is 0 Å². The third kappa shape index (κ3) is 4.70. The SMILES string of the molecule is CC(=O)c1ccc(S(=O)(=O)NCCN(C)C(C)C)cc1. The third-order valence-corrected chi connectivity index (χ3v) is 4.69. The summed E-state index contributed by atoms with van der Waals surface area (Å²) in [4.78, 5) is 13.4. The highest BCUT2D eigenvalue weighted by Crippen LogP contribution is 2.10. The number of ketones is 1. The number of sulfonamides is 1. The van der Waals surface area contributed by atoms with Crippen LogP contribution in [-0.4, -0.2) is 45.3 Å². The smallest absolute Gasteiger partial charge is 0.240 e. The number of hydrogen-bond acceptors (Lipinski definition) is 4. The molecule has 0 saturated carbocycles. The first kappa shape index (κ1) is 16.8. The summed E-state index contributed by atoms with van der Waals surface area (Å²) in [5.41, 5.74) is 0.503. The molecule has 0 radical (unpaired) electrons. The number of carbonyl (C=O) groups excluding carboxylic acids is 1. The van der Waals surface area contributed by atoms with Gasteiger partial charge in [0.2, 0.25) is 10.0 Å². The van der Waals surface area contributed by atoms with Gasteiger partial charge in [0.05, 0.1) is 4.90 Å². The number of nitrogens with one attached hydrogen (secondary N) is 1. The number of benzene rings is 1. The highest BCUT2D eigenvalue weighted by atomic mass is 32.2. The van der Waals surface area contributed by atoms with Crippen LogP contribution in [0, 0.1) is 0 Å². The standard InChI is InChI=1S/C14H22N2O3S/c1-11(2)16(4)10-9-15-20(18,19)14-7-5-13(6-8-14)12(3)17/h5-8,11,15H,9-10H2,1-4H3. The first-order valence-electron chi connectivity index (χ1n) is 6.55. The van der Waals surface area contributed by atoms with Crippen molar-refractivity contribution in [2.45, 2.75) is 31.7 Å². The molecular weight excluding hydrogens is 276 g/mol. The van der Waals surface area contributed by atoms with Crippen LogP contribution in [0.5, 0.6) is 0 Å². The second-order valence-corrected chi connectivity index (χ2v) is 6.82.